The molecule has 2 aromatic carbocycles. The second-order valence-corrected chi connectivity index (χ2v) is 8.41. The number of carbonyl (C=O) groups excluding carboxylic acids is 1. The predicted molar refractivity (Wildman–Crippen MR) is 109 cm³/mol. The first-order valence-corrected chi connectivity index (χ1v) is 11.1. The van der Waals surface area contributed by atoms with E-state index in [4.69, 9.17) is 14.2 Å². The van der Waals surface area contributed by atoms with E-state index in [9.17, 15) is 13.2 Å². The molecule has 0 spiro atoms. The lowest BCUT2D eigenvalue weighted by Crippen LogP contribution is -2.45. The summed E-state index contributed by atoms with van der Waals surface area (Å²) in [7, 11) is -3.65. The molecule has 1 atom stereocenters. The van der Waals surface area contributed by atoms with E-state index in [1.165, 1.54) is 0 Å². The minimum Gasteiger partial charge on any atom is -0.494 e. The van der Waals surface area contributed by atoms with Gasteiger partial charge in [0.05, 0.1) is 25.1 Å². The molecule has 1 aliphatic rings. The van der Waals surface area contributed by atoms with Crippen LogP contribution in [0.2, 0.25) is 0 Å². The van der Waals surface area contributed by atoms with E-state index in [2.05, 4.69) is 5.32 Å². The van der Waals surface area contributed by atoms with Crippen molar-refractivity contribution in [1.82, 2.24) is 5.32 Å². The maximum absolute atomic E-state index is 12.4. The molecule has 0 unspecified atom stereocenters. The summed E-state index contributed by atoms with van der Waals surface area (Å²) in [4.78, 5) is 12.4. The van der Waals surface area contributed by atoms with Crippen LogP contribution in [0.5, 0.6) is 17.2 Å². The highest BCUT2D eigenvalue weighted by molar-refractivity contribution is 7.92. The van der Waals surface area contributed by atoms with Gasteiger partial charge in [0.15, 0.2) is 11.5 Å². The molecule has 1 aliphatic heterocycles. The first-order chi connectivity index (χ1) is 13.9. The molecule has 0 saturated heterocycles. The van der Waals surface area contributed by atoms with Crippen LogP contribution in [0.4, 0.5) is 5.69 Å². The van der Waals surface area contributed by atoms with Gasteiger partial charge in [0.25, 0.3) is 0 Å². The van der Waals surface area contributed by atoms with Gasteiger partial charge < -0.3 is 19.5 Å². The smallest absolute Gasteiger partial charge is 0.240 e. The fraction of sp³-hybridized carbons (Fsp3) is 0.350. The van der Waals surface area contributed by atoms with Gasteiger partial charge >= 0.3 is 0 Å². The van der Waals surface area contributed by atoms with Crippen molar-refractivity contribution in [2.45, 2.75) is 13.0 Å². The van der Waals surface area contributed by atoms with E-state index in [0.717, 1.165) is 10.6 Å². The number of benzene rings is 2. The molecule has 9 heteroatoms. The van der Waals surface area contributed by atoms with Crippen molar-refractivity contribution in [2.24, 2.45) is 0 Å². The van der Waals surface area contributed by atoms with Crippen LogP contribution >= 0.6 is 0 Å². The Hall–Kier alpha value is -2.94. The van der Waals surface area contributed by atoms with Crippen LogP contribution in [0.25, 0.3) is 0 Å². The van der Waals surface area contributed by atoms with Gasteiger partial charge in [-0.2, -0.15) is 0 Å². The number of fused-ring (bicyclic) bond motifs is 1. The molecule has 2 aromatic rings. The van der Waals surface area contributed by atoms with Crippen LogP contribution in [-0.2, 0) is 14.8 Å². The van der Waals surface area contributed by atoms with Crippen molar-refractivity contribution < 1.29 is 27.4 Å². The Kier molecular flexibility index (Phi) is 6.48. The van der Waals surface area contributed by atoms with E-state index in [-0.39, 0.29) is 19.2 Å². The zero-order valence-electron chi connectivity index (χ0n) is 16.3. The lowest BCUT2D eigenvalue weighted by molar-refractivity contribution is -0.120. The van der Waals surface area contributed by atoms with Gasteiger partial charge in [0, 0.05) is 0 Å². The fourth-order valence-electron chi connectivity index (χ4n) is 2.85. The summed E-state index contributed by atoms with van der Waals surface area (Å²) in [5, 5.41) is 2.71. The third kappa shape index (κ3) is 5.54. The van der Waals surface area contributed by atoms with Crippen LogP contribution in [-0.4, -0.2) is 53.0 Å². The number of carbonyl (C=O) groups is 1. The largest absolute Gasteiger partial charge is 0.494 e. The molecule has 0 bridgehead atoms. The standard InChI is InChI=1S/C20H24N2O6S/c1-3-26-16-10-8-15(9-11-16)22(29(2,24)25)13-20(23)21-12-17-14-27-18-6-4-5-7-19(18)28-17/h4-11,17H,3,12-14H2,1-2H3,(H,21,23)/t17-/m0/s1. The molecular weight excluding hydrogens is 396 g/mol. The normalized spacial score (nSPS) is 15.4. The van der Waals surface area contributed by atoms with Crippen LogP contribution in [0.15, 0.2) is 48.5 Å². The zero-order valence-corrected chi connectivity index (χ0v) is 17.1. The quantitative estimate of drug-likeness (QED) is 0.700. The van der Waals surface area contributed by atoms with Crippen LogP contribution in [0, 0.1) is 0 Å². The lowest BCUT2D eigenvalue weighted by Gasteiger charge is -2.27. The van der Waals surface area contributed by atoms with E-state index in [1.54, 1.807) is 30.3 Å². The number of para-hydroxylation sites is 2. The number of nitrogens with zero attached hydrogens (tertiary/aromatic N) is 1. The van der Waals surface area contributed by atoms with Gasteiger partial charge in [-0.25, -0.2) is 8.42 Å². The maximum atomic E-state index is 12.4. The topological polar surface area (TPSA) is 94.2 Å². The van der Waals surface area contributed by atoms with Gasteiger partial charge in [-0.1, -0.05) is 12.1 Å². The Bertz CT molecular complexity index is 946. The second-order valence-electron chi connectivity index (χ2n) is 6.50. The van der Waals surface area contributed by atoms with Gasteiger partial charge in [-0.05, 0) is 43.3 Å². The number of ether oxygens (including phenoxy) is 3. The SMILES string of the molecule is CCOc1ccc(N(CC(=O)NC[C@H]2COc3ccccc3O2)S(C)(=O)=O)cc1. The second kappa shape index (κ2) is 9.04. The number of rotatable bonds is 8. The van der Waals surface area contributed by atoms with Crippen LogP contribution in [0.1, 0.15) is 6.92 Å². The molecule has 1 heterocycles. The molecule has 1 N–H and O–H groups in total. The average molecular weight is 420 g/mol. The Morgan fingerprint density at radius 3 is 2.52 bits per heavy atom. The first kappa shape index (κ1) is 20.8. The summed E-state index contributed by atoms with van der Waals surface area (Å²) < 4.78 is 42.2. The van der Waals surface area contributed by atoms with E-state index in [1.807, 2.05) is 25.1 Å². The Balaban J connectivity index is 1.59. The summed E-state index contributed by atoms with van der Waals surface area (Å²) in [5.41, 5.74) is 0.386. The van der Waals surface area contributed by atoms with E-state index < -0.39 is 15.9 Å². The summed E-state index contributed by atoms with van der Waals surface area (Å²) in [6.45, 7) is 2.53. The zero-order chi connectivity index (χ0) is 20.9. The van der Waals surface area contributed by atoms with E-state index in [0.29, 0.717) is 36.1 Å². The highest BCUT2D eigenvalue weighted by Crippen LogP contribution is 2.30. The van der Waals surface area contributed by atoms with Gasteiger partial charge in [0.1, 0.15) is 25.0 Å². The lowest BCUT2D eigenvalue weighted by atomic mass is 10.2. The number of anilines is 1. The third-order valence-corrected chi connectivity index (χ3v) is 5.36. The number of sulfonamides is 1. The molecule has 0 saturated carbocycles. The minimum absolute atomic E-state index is 0.202. The number of amides is 1. The maximum Gasteiger partial charge on any atom is 0.240 e. The summed E-state index contributed by atoms with van der Waals surface area (Å²) in [5.74, 6) is 1.47. The van der Waals surface area contributed by atoms with Crippen molar-refractivity contribution in [3.05, 3.63) is 48.5 Å². The first-order valence-electron chi connectivity index (χ1n) is 9.22. The van der Waals surface area contributed by atoms with Gasteiger partial charge in [-0.3, -0.25) is 9.10 Å². The van der Waals surface area contributed by atoms with E-state index >= 15 is 0 Å². The van der Waals surface area contributed by atoms with Gasteiger partial charge in [-0.15, -0.1) is 0 Å². The molecule has 3 rings (SSSR count). The van der Waals surface area contributed by atoms with Crippen molar-refractivity contribution in [3.8, 4) is 17.2 Å². The molecule has 0 aromatic heterocycles. The molecule has 0 aliphatic carbocycles. The summed E-state index contributed by atoms with van der Waals surface area (Å²) in [6.07, 6.45) is 0.706. The Morgan fingerprint density at radius 1 is 1.17 bits per heavy atom. The fourth-order valence-corrected chi connectivity index (χ4v) is 3.71. The van der Waals surface area contributed by atoms with Crippen molar-refractivity contribution in [1.29, 1.82) is 0 Å². The van der Waals surface area contributed by atoms with Crippen molar-refractivity contribution >= 4 is 21.6 Å². The van der Waals surface area contributed by atoms with Crippen LogP contribution < -0.4 is 23.8 Å². The molecule has 156 valence electrons. The predicted octanol–water partition coefficient (Wildman–Crippen LogP) is 1.81. The highest BCUT2D eigenvalue weighted by Gasteiger charge is 2.24. The molecule has 29 heavy (non-hydrogen) atoms. The van der Waals surface area contributed by atoms with Crippen molar-refractivity contribution in [3.63, 3.8) is 0 Å². The Morgan fingerprint density at radius 2 is 1.86 bits per heavy atom. The average Bonchev–Trinajstić information content (AvgIpc) is 2.70. The molecule has 0 radical (unpaired) electrons. The monoisotopic (exact) mass is 420 g/mol. The van der Waals surface area contributed by atoms with Crippen molar-refractivity contribution in [2.75, 3.05) is 36.9 Å². The molecule has 0 fully saturated rings. The summed E-state index contributed by atoms with van der Waals surface area (Å²) >= 11 is 0. The number of hydrogen-bond acceptors (Lipinski definition) is 6. The van der Waals surface area contributed by atoms with Gasteiger partial charge in [0.2, 0.25) is 15.9 Å². The summed E-state index contributed by atoms with van der Waals surface area (Å²) in [6, 6.07) is 13.8. The molecular formula is C20H24N2O6S. The number of hydrogen-bond donors (Lipinski definition) is 1. The minimum atomic E-state index is -3.65. The Labute approximate surface area is 170 Å². The highest BCUT2D eigenvalue weighted by atomic mass is 32.2. The molecule has 8 nitrogen and oxygen atoms in total. The third-order valence-electron chi connectivity index (χ3n) is 4.22. The number of nitrogens with one attached hydrogen (secondary N) is 1. The van der Waals surface area contributed by atoms with Crippen LogP contribution in [0.3, 0.4) is 0 Å². The molecule has 1 amide bonds.